The largest absolute Gasteiger partial charge is 0.392 e. The number of rotatable bonds is 4. The van der Waals surface area contributed by atoms with Crippen molar-refractivity contribution in [1.29, 1.82) is 0 Å². The van der Waals surface area contributed by atoms with E-state index >= 15 is 0 Å². The monoisotopic (exact) mass is 233 g/mol. The van der Waals surface area contributed by atoms with Gasteiger partial charge in [0.05, 0.1) is 17.6 Å². The Morgan fingerprint density at radius 2 is 2.13 bits per heavy atom. The summed E-state index contributed by atoms with van der Waals surface area (Å²) in [6, 6.07) is 0. The van der Waals surface area contributed by atoms with Crippen LogP contribution in [-0.2, 0) is 9.59 Å². The van der Waals surface area contributed by atoms with Crippen molar-refractivity contribution < 1.29 is 14.7 Å². The van der Waals surface area contributed by atoms with Crippen molar-refractivity contribution in [2.75, 3.05) is 20.1 Å². The Labute approximate surface area is 93.4 Å². The number of nitrogens with zero attached hydrogens (tertiary/aromatic N) is 1. The summed E-state index contributed by atoms with van der Waals surface area (Å²) in [7, 11) is 1.43. The van der Waals surface area contributed by atoms with E-state index in [4.69, 9.17) is 10.8 Å². The number of hydrogen-bond acceptors (Lipinski definition) is 4. The minimum Gasteiger partial charge on any atom is -0.392 e. The molecule has 0 heterocycles. The van der Waals surface area contributed by atoms with Crippen molar-refractivity contribution in [3.05, 3.63) is 0 Å². The van der Waals surface area contributed by atoms with E-state index in [0.717, 1.165) is 4.90 Å². The zero-order valence-corrected chi connectivity index (χ0v) is 9.50. The van der Waals surface area contributed by atoms with Crippen LogP contribution in [0.25, 0.3) is 0 Å². The van der Waals surface area contributed by atoms with Gasteiger partial charge < -0.3 is 21.1 Å². The van der Waals surface area contributed by atoms with E-state index in [1.165, 1.54) is 14.0 Å². The molecule has 1 atom stereocenters. The van der Waals surface area contributed by atoms with Crippen molar-refractivity contribution >= 4 is 29.0 Å². The molecule has 0 bridgehead atoms. The summed E-state index contributed by atoms with van der Waals surface area (Å²) in [6.45, 7) is 1.61. The lowest BCUT2D eigenvalue weighted by Crippen LogP contribution is -2.45. The fraction of sp³-hybridized carbons (Fsp3) is 0.625. The van der Waals surface area contributed by atoms with Gasteiger partial charge in [0.25, 0.3) is 0 Å². The highest BCUT2D eigenvalue weighted by atomic mass is 32.1. The lowest BCUT2D eigenvalue weighted by Gasteiger charge is -2.17. The number of carbonyl (C=O) groups is 2. The lowest BCUT2D eigenvalue weighted by molar-refractivity contribution is -0.145. The third-order valence-corrected chi connectivity index (χ3v) is 1.65. The highest BCUT2D eigenvalue weighted by molar-refractivity contribution is 7.80. The zero-order valence-electron chi connectivity index (χ0n) is 8.69. The van der Waals surface area contributed by atoms with Crippen LogP contribution < -0.4 is 11.1 Å². The first-order valence-corrected chi connectivity index (χ1v) is 4.75. The highest BCUT2D eigenvalue weighted by Gasteiger charge is 2.19. The molecule has 6 nitrogen and oxygen atoms in total. The van der Waals surface area contributed by atoms with Gasteiger partial charge in [-0.3, -0.25) is 9.59 Å². The lowest BCUT2D eigenvalue weighted by atomic mass is 10.3. The van der Waals surface area contributed by atoms with Crippen molar-refractivity contribution in [2.45, 2.75) is 13.0 Å². The van der Waals surface area contributed by atoms with Gasteiger partial charge in [-0.1, -0.05) is 12.2 Å². The number of aliphatic hydroxyl groups excluding tert-OH is 1. The molecule has 0 saturated carbocycles. The number of hydrogen-bond donors (Lipinski definition) is 3. The van der Waals surface area contributed by atoms with Crippen molar-refractivity contribution in [3.8, 4) is 0 Å². The third kappa shape index (κ3) is 5.97. The second-order valence-corrected chi connectivity index (χ2v) is 3.71. The molecule has 0 aliphatic rings. The van der Waals surface area contributed by atoms with Crippen LogP contribution in [0, 0.1) is 0 Å². The van der Waals surface area contributed by atoms with Crippen LogP contribution in [0.3, 0.4) is 0 Å². The summed E-state index contributed by atoms with van der Waals surface area (Å²) < 4.78 is 0. The number of thiocarbonyl (C=S) groups is 1. The average molecular weight is 233 g/mol. The van der Waals surface area contributed by atoms with Gasteiger partial charge in [0.1, 0.15) is 0 Å². The molecule has 1 unspecified atom stereocenters. The van der Waals surface area contributed by atoms with E-state index in [1.807, 2.05) is 0 Å². The van der Waals surface area contributed by atoms with Gasteiger partial charge >= 0.3 is 11.8 Å². The Kier molecular flexibility index (Phi) is 5.80. The molecule has 7 heteroatoms. The number of nitrogens with two attached hydrogens (primary N) is 1. The molecule has 0 rings (SSSR count). The summed E-state index contributed by atoms with van der Waals surface area (Å²) in [5.74, 6) is -1.52. The molecule has 0 aromatic carbocycles. The number of aliphatic hydroxyl groups is 1. The van der Waals surface area contributed by atoms with Gasteiger partial charge in [-0.05, 0) is 6.92 Å². The van der Waals surface area contributed by atoms with Crippen molar-refractivity contribution in [1.82, 2.24) is 10.2 Å². The molecule has 15 heavy (non-hydrogen) atoms. The smallest absolute Gasteiger partial charge is 0.311 e. The first-order valence-electron chi connectivity index (χ1n) is 4.34. The Hall–Kier alpha value is -1.21. The highest BCUT2D eigenvalue weighted by Crippen LogP contribution is 1.89. The molecule has 86 valence electrons. The van der Waals surface area contributed by atoms with Crippen LogP contribution in [0.1, 0.15) is 6.92 Å². The maximum atomic E-state index is 11.3. The Morgan fingerprint density at radius 3 is 2.53 bits per heavy atom. The Balaban J connectivity index is 4.08. The van der Waals surface area contributed by atoms with Crippen LogP contribution in [0.5, 0.6) is 0 Å². The molecular weight excluding hydrogens is 218 g/mol. The first-order chi connectivity index (χ1) is 6.84. The Bertz CT molecular complexity index is 268. The molecule has 2 amide bonds. The van der Waals surface area contributed by atoms with E-state index in [1.54, 1.807) is 0 Å². The number of carbonyl (C=O) groups excluding carboxylic acids is 2. The fourth-order valence-corrected chi connectivity index (χ4v) is 0.968. The summed E-state index contributed by atoms with van der Waals surface area (Å²) in [5, 5.41) is 11.3. The van der Waals surface area contributed by atoms with E-state index in [-0.39, 0.29) is 18.1 Å². The minimum atomic E-state index is -0.786. The number of likely N-dealkylation sites (N-methyl/N-ethyl adjacent to an activating group) is 1. The minimum absolute atomic E-state index is 0.0115. The van der Waals surface area contributed by atoms with Crippen LogP contribution in [0.15, 0.2) is 0 Å². The van der Waals surface area contributed by atoms with Gasteiger partial charge in [0.2, 0.25) is 0 Å². The van der Waals surface area contributed by atoms with E-state index in [0.29, 0.717) is 0 Å². The van der Waals surface area contributed by atoms with E-state index in [9.17, 15) is 9.59 Å². The fourth-order valence-electron chi connectivity index (χ4n) is 0.896. The van der Waals surface area contributed by atoms with Gasteiger partial charge in [0.15, 0.2) is 0 Å². The summed E-state index contributed by atoms with van der Waals surface area (Å²) in [6.07, 6.45) is -0.678. The van der Waals surface area contributed by atoms with Crippen LogP contribution in [-0.4, -0.2) is 53.1 Å². The zero-order chi connectivity index (χ0) is 12.0. The van der Waals surface area contributed by atoms with Crippen LogP contribution in [0.4, 0.5) is 0 Å². The maximum Gasteiger partial charge on any atom is 0.311 e. The van der Waals surface area contributed by atoms with Gasteiger partial charge in [-0.25, -0.2) is 0 Å². The average Bonchev–Trinajstić information content (AvgIpc) is 2.11. The van der Waals surface area contributed by atoms with Gasteiger partial charge in [0, 0.05) is 13.6 Å². The standard InChI is InChI=1S/C8H15N3O3S/c1-5(12)4-11(2)8(14)7(13)10-3-6(9)15/h5,12H,3-4H2,1-2H3,(H2,9,15)(H,10,13). The normalized spacial score (nSPS) is 11.7. The molecule has 0 aromatic rings. The third-order valence-electron chi connectivity index (χ3n) is 1.50. The summed E-state index contributed by atoms with van der Waals surface area (Å²) in [4.78, 5) is 23.7. The summed E-state index contributed by atoms with van der Waals surface area (Å²) >= 11 is 4.53. The Morgan fingerprint density at radius 1 is 1.60 bits per heavy atom. The van der Waals surface area contributed by atoms with Crippen LogP contribution in [0.2, 0.25) is 0 Å². The first kappa shape index (κ1) is 13.8. The second-order valence-electron chi connectivity index (χ2n) is 3.18. The SMILES string of the molecule is CC(O)CN(C)C(=O)C(=O)NCC(N)=S. The molecule has 0 radical (unpaired) electrons. The van der Waals surface area contributed by atoms with Crippen molar-refractivity contribution in [2.24, 2.45) is 5.73 Å². The quantitative estimate of drug-likeness (QED) is 0.394. The number of nitrogens with one attached hydrogen (secondary N) is 1. The predicted molar refractivity (Wildman–Crippen MR) is 59.1 cm³/mol. The molecule has 0 fully saturated rings. The topological polar surface area (TPSA) is 95.7 Å². The molecule has 0 aromatic heterocycles. The maximum absolute atomic E-state index is 11.3. The predicted octanol–water partition coefficient (Wildman–Crippen LogP) is -1.77. The summed E-state index contributed by atoms with van der Waals surface area (Å²) in [5.41, 5.74) is 5.15. The van der Waals surface area contributed by atoms with Crippen LogP contribution >= 0.6 is 12.2 Å². The van der Waals surface area contributed by atoms with E-state index in [2.05, 4.69) is 17.5 Å². The molecule has 0 aliphatic carbocycles. The molecular formula is C8H15N3O3S. The molecule has 0 aliphatic heterocycles. The van der Waals surface area contributed by atoms with Gasteiger partial charge in [-0.15, -0.1) is 0 Å². The second kappa shape index (κ2) is 6.31. The number of amides is 2. The van der Waals surface area contributed by atoms with Crippen molar-refractivity contribution in [3.63, 3.8) is 0 Å². The van der Waals surface area contributed by atoms with Gasteiger partial charge in [-0.2, -0.15) is 0 Å². The van der Waals surface area contributed by atoms with E-state index < -0.39 is 17.9 Å². The molecule has 0 spiro atoms. The molecule has 4 N–H and O–H groups in total. The molecule has 0 saturated heterocycles.